The number of hydrogen-bond acceptors (Lipinski definition) is 3. The molecule has 5 heteroatoms. The molecule has 0 fully saturated rings. The SMILES string of the molecule is C[C@@](O)(CO)Cn1cc(I)cn1. The van der Waals surface area contributed by atoms with E-state index >= 15 is 0 Å². The van der Waals surface area contributed by atoms with Crippen LogP contribution >= 0.6 is 22.6 Å². The molecule has 0 unspecified atom stereocenters. The molecule has 1 aromatic heterocycles. The highest BCUT2D eigenvalue weighted by Crippen LogP contribution is 2.07. The van der Waals surface area contributed by atoms with Gasteiger partial charge in [-0.3, -0.25) is 4.68 Å². The van der Waals surface area contributed by atoms with Crippen molar-refractivity contribution in [3.8, 4) is 0 Å². The van der Waals surface area contributed by atoms with Crippen LogP contribution in [0.2, 0.25) is 0 Å². The molecule has 0 amide bonds. The first kappa shape index (κ1) is 9.94. The first-order chi connectivity index (χ1) is 5.53. The van der Waals surface area contributed by atoms with Crippen LogP contribution in [0.15, 0.2) is 12.4 Å². The van der Waals surface area contributed by atoms with E-state index in [1.54, 1.807) is 17.8 Å². The van der Waals surface area contributed by atoms with E-state index in [-0.39, 0.29) is 6.61 Å². The summed E-state index contributed by atoms with van der Waals surface area (Å²) >= 11 is 2.14. The summed E-state index contributed by atoms with van der Waals surface area (Å²) in [5.74, 6) is 0. The lowest BCUT2D eigenvalue weighted by atomic mass is 10.1. The predicted molar refractivity (Wildman–Crippen MR) is 52.7 cm³/mol. The van der Waals surface area contributed by atoms with Crippen molar-refractivity contribution >= 4 is 22.6 Å². The minimum atomic E-state index is -1.09. The van der Waals surface area contributed by atoms with Gasteiger partial charge in [0, 0.05) is 6.20 Å². The van der Waals surface area contributed by atoms with Crippen LogP contribution in [-0.2, 0) is 6.54 Å². The third kappa shape index (κ3) is 2.72. The number of aliphatic hydroxyl groups is 2. The van der Waals surface area contributed by atoms with Crippen molar-refractivity contribution in [2.75, 3.05) is 6.61 Å². The average molecular weight is 282 g/mol. The smallest absolute Gasteiger partial charge is 0.104 e. The zero-order valence-corrected chi connectivity index (χ0v) is 8.89. The monoisotopic (exact) mass is 282 g/mol. The Hall–Kier alpha value is -0.140. The molecule has 0 aliphatic rings. The molecular formula is C7H11IN2O2. The first-order valence-corrected chi connectivity index (χ1v) is 4.62. The van der Waals surface area contributed by atoms with Gasteiger partial charge in [-0.25, -0.2) is 0 Å². The van der Waals surface area contributed by atoms with E-state index in [0.29, 0.717) is 6.54 Å². The topological polar surface area (TPSA) is 58.3 Å². The number of halogens is 1. The number of rotatable bonds is 3. The van der Waals surface area contributed by atoms with Crippen LogP contribution in [0.3, 0.4) is 0 Å². The Bertz CT molecular complexity index is 260. The third-order valence-corrected chi connectivity index (χ3v) is 2.00. The van der Waals surface area contributed by atoms with Crippen molar-refractivity contribution in [2.24, 2.45) is 0 Å². The second kappa shape index (κ2) is 3.71. The van der Waals surface area contributed by atoms with Crippen molar-refractivity contribution in [2.45, 2.75) is 19.1 Å². The number of aromatic nitrogens is 2. The Balaban J connectivity index is 2.63. The third-order valence-electron chi connectivity index (χ3n) is 1.44. The van der Waals surface area contributed by atoms with Crippen LogP contribution < -0.4 is 0 Å². The molecular weight excluding hydrogens is 271 g/mol. The van der Waals surface area contributed by atoms with Crippen LogP contribution in [0.1, 0.15) is 6.92 Å². The van der Waals surface area contributed by atoms with Gasteiger partial charge in [0.25, 0.3) is 0 Å². The molecule has 2 N–H and O–H groups in total. The molecule has 0 radical (unpaired) electrons. The molecule has 0 saturated heterocycles. The van der Waals surface area contributed by atoms with E-state index in [4.69, 9.17) is 5.11 Å². The van der Waals surface area contributed by atoms with Crippen LogP contribution in [0.5, 0.6) is 0 Å². The second-order valence-corrected chi connectivity index (χ2v) is 4.26. The van der Waals surface area contributed by atoms with Crippen molar-refractivity contribution in [3.63, 3.8) is 0 Å². The summed E-state index contributed by atoms with van der Waals surface area (Å²) in [5, 5.41) is 22.2. The van der Waals surface area contributed by atoms with E-state index in [9.17, 15) is 5.11 Å². The van der Waals surface area contributed by atoms with Gasteiger partial charge < -0.3 is 10.2 Å². The molecule has 0 aliphatic carbocycles. The molecule has 4 nitrogen and oxygen atoms in total. The summed E-state index contributed by atoms with van der Waals surface area (Å²) in [6.45, 7) is 1.62. The van der Waals surface area contributed by atoms with E-state index in [1.165, 1.54) is 0 Å². The van der Waals surface area contributed by atoms with Crippen LogP contribution in [0, 0.1) is 3.57 Å². The van der Waals surface area contributed by atoms with Gasteiger partial charge in [-0.05, 0) is 29.5 Å². The maximum atomic E-state index is 9.47. The second-order valence-electron chi connectivity index (χ2n) is 3.01. The first-order valence-electron chi connectivity index (χ1n) is 3.55. The molecule has 0 bridgehead atoms. The normalized spacial score (nSPS) is 16.0. The minimum absolute atomic E-state index is 0.260. The van der Waals surface area contributed by atoms with Crippen LogP contribution in [-0.4, -0.2) is 32.2 Å². The highest BCUT2D eigenvalue weighted by Gasteiger charge is 2.19. The maximum absolute atomic E-state index is 9.47. The molecule has 0 saturated carbocycles. The predicted octanol–water partition coefficient (Wildman–Crippen LogP) is 0.231. The Morgan fingerprint density at radius 2 is 2.42 bits per heavy atom. The summed E-state index contributed by atoms with van der Waals surface area (Å²) in [4.78, 5) is 0. The van der Waals surface area contributed by atoms with Crippen molar-refractivity contribution in [3.05, 3.63) is 16.0 Å². The molecule has 0 aromatic carbocycles. The molecule has 0 aliphatic heterocycles. The quantitative estimate of drug-likeness (QED) is 0.780. The molecule has 12 heavy (non-hydrogen) atoms. The summed E-state index contributed by atoms with van der Waals surface area (Å²) in [6.07, 6.45) is 3.51. The van der Waals surface area contributed by atoms with E-state index in [0.717, 1.165) is 3.57 Å². The average Bonchev–Trinajstić information content (AvgIpc) is 2.35. The largest absolute Gasteiger partial charge is 0.393 e. The van der Waals surface area contributed by atoms with Gasteiger partial charge in [-0.1, -0.05) is 0 Å². The van der Waals surface area contributed by atoms with Crippen molar-refractivity contribution < 1.29 is 10.2 Å². The van der Waals surface area contributed by atoms with E-state index in [1.807, 2.05) is 6.20 Å². The van der Waals surface area contributed by atoms with Crippen LogP contribution in [0.4, 0.5) is 0 Å². The minimum Gasteiger partial charge on any atom is -0.393 e. The summed E-state index contributed by atoms with van der Waals surface area (Å²) in [7, 11) is 0. The zero-order chi connectivity index (χ0) is 9.19. The Kier molecular flexibility index (Phi) is 3.08. The van der Waals surface area contributed by atoms with Gasteiger partial charge in [-0.2, -0.15) is 5.10 Å². The molecule has 1 aromatic rings. The van der Waals surface area contributed by atoms with E-state index < -0.39 is 5.60 Å². The van der Waals surface area contributed by atoms with Crippen molar-refractivity contribution in [1.29, 1.82) is 0 Å². The number of aliphatic hydroxyl groups excluding tert-OH is 1. The fourth-order valence-corrected chi connectivity index (χ4v) is 1.27. The lowest BCUT2D eigenvalue weighted by molar-refractivity contribution is -0.0145. The molecule has 1 rings (SSSR count). The van der Waals surface area contributed by atoms with Gasteiger partial charge in [0.15, 0.2) is 0 Å². The molecule has 68 valence electrons. The number of nitrogens with zero attached hydrogens (tertiary/aromatic N) is 2. The Morgan fingerprint density at radius 1 is 1.75 bits per heavy atom. The highest BCUT2D eigenvalue weighted by molar-refractivity contribution is 14.1. The molecule has 0 spiro atoms. The van der Waals surface area contributed by atoms with Crippen LogP contribution in [0.25, 0.3) is 0 Å². The summed E-state index contributed by atoms with van der Waals surface area (Å²) < 4.78 is 2.62. The Labute approximate surface area is 84.3 Å². The standard InChI is InChI=1S/C7H11IN2O2/c1-7(12,5-11)4-10-3-6(8)2-9-10/h2-3,11-12H,4-5H2,1H3/t7-/m0/s1. The maximum Gasteiger partial charge on any atom is 0.104 e. The zero-order valence-electron chi connectivity index (χ0n) is 6.74. The fraction of sp³-hybridized carbons (Fsp3) is 0.571. The molecule has 1 atom stereocenters. The number of hydrogen-bond donors (Lipinski definition) is 2. The lowest BCUT2D eigenvalue weighted by Gasteiger charge is -2.19. The van der Waals surface area contributed by atoms with Gasteiger partial charge in [0.05, 0.1) is 22.9 Å². The van der Waals surface area contributed by atoms with Crippen molar-refractivity contribution in [1.82, 2.24) is 9.78 Å². The summed E-state index contributed by atoms with van der Waals surface area (Å²) in [5.41, 5.74) is -1.09. The van der Waals surface area contributed by atoms with Gasteiger partial charge in [-0.15, -0.1) is 0 Å². The lowest BCUT2D eigenvalue weighted by Crippen LogP contribution is -2.34. The highest BCUT2D eigenvalue weighted by atomic mass is 127. The Morgan fingerprint density at radius 3 is 2.83 bits per heavy atom. The van der Waals surface area contributed by atoms with Gasteiger partial charge >= 0.3 is 0 Å². The fourth-order valence-electron chi connectivity index (χ4n) is 0.824. The van der Waals surface area contributed by atoms with E-state index in [2.05, 4.69) is 27.7 Å². The van der Waals surface area contributed by atoms with Gasteiger partial charge in [0.2, 0.25) is 0 Å². The van der Waals surface area contributed by atoms with Gasteiger partial charge in [0.1, 0.15) is 5.60 Å². The molecule has 1 heterocycles. The summed E-state index contributed by atoms with van der Waals surface area (Å²) in [6, 6.07) is 0.